The second-order valence-corrected chi connectivity index (χ2v) is 1.13. The summed E-state index contributed by atoms with van der Waals surface area (Å²) in [5.41, 5.74) is 0. The molecule has 0 spiro atoms. The molecule has 0 aromatic heterocycles. The molecular weight excluding hydrogens is 127 g/mol. The Hall–Kier alpha value is 0.0500. The van der Waals surface area contributed by atoms with E-state index in [0.717, 1.165) is 0 Å². The van der Waals surface area contributed by atoms with Crippen molar-refractivity contribution < 1.29 is 34.7 Å². The van der Waals surface area contributed by atoms with Crippen molar-refractivity contribution in [1.29, 1.82) is 0 Å². The quantitative estimate of drug-likeness (QED) is 0.248. The minimum Gasteiger partial charge on any atom is -0.283 e. The maximum Gasteiger partial charge on any atom is -0.112 e. The summed E-state index contributed by atoms with van der Waals surface area (Å²) in [6, 6.07) is 0. The lowest BCUT2D eigenvalue weighted by atomic mass is 13.0. The average Bonchev–Trinajstić information content (AvgIpc) is 1.36. The number of hydrogen-bond donors (Lipinski definition) is 2. The number of hydrogen-bond acceptors (Lipinski definition) is 5. The van der Waals surface area contributed by atoms with Crippen LogP contribution in [0, 0.1) is 10.2 Å². The SMILES string of the molecule is N[NH3+].[O-][Cl+3]([O-])([O-])[O-]. The van der Waals surface area contributed by atoms with Gasteiger partial charge in [-0.05, 0) is 0 Å². The Kier molecular flexibility index (Phi) is 6.09. The molecule has 0 rings (SSSR count). The molecular formula is H5ClN2O4. The maximum absolute atomic E-state index is 8.49. The van der Waals surface area contributed by atoms with Gasteiger partial charge >= 0.3 is 0 Å². The zero-order valence-corrected chi connectivity index (χ0v) is 4.05. The molecule has 6 nitrogen and oxygen atoms in total. The van der Waals surface area contributed by atoms with Gasteiger partial charge in [0.1, 0.15) is 0 Å². The van der Waals surface area contributed by atoms with Gasteiger partial charge in [0.05, 0.1) is 0 Å². The van der Waals surface area contributed by atoms with Crippen LogP contribution in [0.4, 0.5) is 0 Å². The first-order valence-corrected chi connectivity index (χ1v) is 2.26. The summed E-state index contributed by atoms with van der Waals surface area (Å²) in [4.78, 5) is 0. The summed E-state index contributed by atoms with van der Waals surface area (Å²) >= 11 is 0. The van der Waals surface area contributed by atoms with Gasteiger partial charge in [0, 0.05) is 0 Å². The first-order valence-electron chi connectivity index (χ1n) is 1.03. The molecule has 0 aliphatic heterocycles. The molecule has 0 aliphatic carbocycles. The highest BCUT2D eigenvalue weighted by molar-refractivity contribution is 2.64. The van der Waals surface area contributed by atoms with E-state index in [2.05, 4.69) is 11.7 Å². The molecule has 0 bridgehead atoms. The molecule has 7 heavy (non-hydrogen) atoms. The van der Waals surface area contributed by atoms with Gasteiger partial charge < -0.3 is 0 Å². The van der Waals surface area contributed by atoms with Crippen LogP contribution in [0.1, 0.15) is 0 Å². The first kappa shape index (κ1) is 10.1. The smallest absolute Gasteiger partial charge is 0.112 e. The van der Waals surface area contributed by atoms with Crippen LogP contribution >= 0.6 is 0 Å². The van der Waals surface area contributed by atoms with Crippen molar-refractivity contribution in [2.75, 3.05) is 0 Å². The summed E-state index contributed by atoms with van der Waals surface area (Å²) in [6.07, 6.45) is 0. The molecule has 7 heteroatoms. The van der Waals surface area contributed by atoms with Crippen LogP contribution in [0.2, 0.25) is 0 Å². The fourth-order valence-corrected chi connectivity index (χ4v) is 0. The van der Waals surface area contributed by atoms with Crippen molar-refractivity contribution in [2.24, 2.45) is 5.84 Å². The lowest BCUT2D eigenvalue weighted by Gasteiger charge is -2.17. The first-order chi connectivity index (χ1) is 3.00. The Morgan fingerprint density at radius 3 is 1.00 bits per heavy atom. The second kappa shape index (κ2) is 4.22. The Morgan fingerprint density at radius 2 is 1.00 bits per heavy atom. The predicted molar refractivity (Wildman–Crippen MR) is 7.08 cm³/mol. The Morgan fingerprint density at radius 1 is 1.00 bits per heavy atom. The Bertz CT molecular complexity index is 25.2. The highest BCUT2D eigenvalue weighted by Gasteiger charge is 1.84. The minimum atomic E-state index is -4.94. The molecule has 0 aromatic carbocycles. The molecule has 0 atom stereocenters. The van der Waals surface area contributed by atoms with Crippen LogP contribution in [0.5, 0.6) is 0 Å². The van der Waals surface area contributed by atoms with Gasteiger partial charge in [-0.15, -0.1) is 10.2 Å². The summed E-state index contributed by atoms with van der Waals surface area (Å²) in [6.45, 7) is 0. The molecule has 5 N–H and O–H groups in total. The molecule has 0 saturated carbocycles. The normalized spacial score (nSPS) is 9.43. The third kappa shape index (κ3) is 39700. The van der Waals surface area contributed by atoms with Crippen LogP contribution in [0.25, 0.3) is 0 Å². The van der Waals surface area contributed by atoms with Crippen molar-refractivity contribution in [3.8, 4) is 0 Å². The second-order valence-electron chi connectivity index (χ2n) is 0.378. The van der Waals surface area contributed by atoms with E-state index < -0.39 is 10.2 Å². The highest BCUT2D eigenvalue weighted by atomic mass is 35.7. The molecule has 0 aliphatic rings. The van der Waals surface area contributed by atoms with E-state index in [0.29, 0.717) is 0 Å². The van der Waals surface area contributed by atoms with Crippen LogP contribution in [-0.2, 0) is 0 Å². The lowest BCUT2D eigenvalue weighted by Crippen LogP contribution is -2.68. The molecule has 0 saturated heterocycles. The Labute approximate surface area is 41.7 Å². The maximum atomic E-state index is 8.49. The van der Waals surface area contributed by atoms with E-state index in [-0.39, 0.29) is 0 Å². The van der Waals surface area contributed by atoms with E-state index >= 15 is 0 Å². The predicted octanol–water partition coefficient (Wildman–Crippen LogP) is -6.65. The number of quaternary nitrogens is 1. The zero-order valence-electron chi connectivity index (χ0n) is 3.30. The summed E-state index contributed by atoms with van der Waals surface area (Å²) < 4.78 is 34.0. The molecule has 0 fully saturated rings. The summed E-state index contributed by atoms with van der Waals surface area (Å²) in [5.74, 6) is 7.00. The topological polar surface area (TPSA) is 146 Å². The van der Waals surface area contributed by atoms with Gasteiger partial charge in [-0.2, -0.15) is 5.84 Å². The summed E-state index contributed by atoms with van der Waals surface area (Å²) in [7, 11) is -4.94. The van der Waals surface area contributed by atoms with Crippen molar-refractivity contribution in [3.05, 3.63) is 0 Å². The van der Waals surface area contributed by atoms with Gasteiger partial charge in [0.2, 0.25) is 0 Å². The standard InChI is InChI=1S/ClHO4.H4N2/c2-1(3,4)5;1-2/h(H,2,3,4,5);1-2H2. The molecule has 0 aromatic rings. The van der Waals surface area contributed by atoms with E-state index in [1.807, 2.05) is 0 Å². The van der Waals surface area contributed by atoms with E-state index in [9.17, 15) is 0 Å². The van der Waals surface area contributed by atoms with E-state index in [1.54, 1.807) is 0 Å². The average molecular weight is 133 g/mol. The van der Waals surface area contributed by atoms with Crippen LogP contribution in [0.3, 0.4) is 0 Å². The molecule has 46 valence electrons. The van der Waals surface area contributed by atoms with Gasteiger partial charge in [-0.3, -0.25) is 5.84 Å². The summed E-state index contributed by atoms with van der Waals surface area (Å²) in [5, 5.41) is 0. The van der Waals surface area contributed by atoms with Gasteiger partial charge in [-0.1, -0.05) is 0 Å². The van der Waals surface area contributed by atoms with Crippen LogP contribution in [-0.4, -0.2) is 0 Å². The third-order valence-electron chi connectivity index (χ3n) is 0. The molecule has 0 radical (unpaired) electrons. The fraction of sp³-hybridized carbons (Fsp3) is 0. The zero-order chi connectivity index (χ0) is 6.50. The van der Waals surface area contributed by atoms with Crippen molar-refractivity contribution in [3.63, 3.8) is 0 Å². The van der Waals surface area contributed by atoms with Crippen molar-refractivity contribution >= 4 is 0 Å². The van der Waals surface area contributed by atoms with E-state index in [4.69, 9.17) is 18.6 Å². The minimum absolute atomic E-state index is 2.75. The monoisotopic (exact) mass is 132 g/mol. The molecule has 0 amide bonds. The number of halogens is 1. The molecule has 0 unspecified atom stereocenters. The highest BCUT2D eigenvalue weighted by Crippen LogP contribution is 1.49. The van der Waals surface area contributed by atoms with Gasteiger partial charge in [-0.25, -0.2) is 18.6 Å². The van der Waals surface area contributed by atoms with Crippen molar-refractivity contribution in [1.82, 2.24) is 0 Å². The van der Waals surface area contributed by atoms with Gasteiger partial charge in [0.25, 0.3) is 0 Å². The third-order valence-corrected chi connectivity index (χ3v) is 0. The van der Waals surface area contributed by atoms with Crippen LogP contribution < -0.4 is 30.3 Å². The van der Waals surface area contributed by atoms with Gasteiger partial charge in [0.15, 0.2) is 0 Å². The van der Waals surface area contributed by atoms with Crippen LogP contribution in [0.15, 0.2) is 0 Å². The lowest BCUT2D eigenvalue weighted by molar-refractivity contribution is -2.00. The largest absolute Gasteiger partial charge is 0.283 e. The number of nitrogens with two attached hydrogens (primary N) is 1. The van der Waals surface area contributed by atoms with E-state index in [1.165, 1.54) is 0 Å². The molecule has 0 heterocycles. The number of rotatable bonds is 0. The van der Waals surface area contributed by atoms with Crippen molar-refractivity contribution in [2.45, 2.75) is 0 Å². The fourth-order valence-electron chi connectivity index (χ4n) is 0. The Balaban J connectivity index is 0.